The topological polar surface area (TPSA) is 17.1 Å². The quantitative estimate of drug-likeness (QED) is 0.629. The molecule has 0 spiro atoms. The molecule has 0 rings (SSSR count). The van der Waals surface area contributed by atoms with Crippen molar-refractivity contribution in [2.24, 2.45) is 17.3 Å². The summed E-state index contributed by atoms with van der Waals surface area (Å²) in [5.74, 6) is 1.72. The lowest BCUT2D eigenvalue weighted by molar-refractivity contribution is -0.127. The van der Waals surface area contributed by atoms with Gasteiger partial charge in [-0.1, -0.05) is 41.0 Å². The van der Waals surface area contributed by atoms with Gasteiger partial charge in [-0.25, -0.2) is 0 Å². The second kappa shape index (κ2) is 5.53. The maximum Gasteiger partial charge on any atom is 0.135 e. The molecule has 0 heterocycles. The first kappa shape index (κ1) is 13.7. The zero-order valence-corrected chi connectivity index (χ0v) is 10.7. The smallest absolute Gasteiger partial charge is 0.135 e. The van der Waals surface area contributed by atoms with Crippen LogP contribution in [0.1, 0.15) is 60.8 Å². The van der Waals surface area contributed by atoms with E-state index in [1.165, 1.54) is 6.42 Å². The summed E-state index contributed by atoms with van der Waals surface area (Å²) in [7, 11) is 0. The molecular formula is C13H26O. The van der Waals surface area contributed by atoms with Crippen LogP contribution >= 0.6 is 0 Å². The Hall–Kier alpha value is -0.330. The number of carbonyl (C=O) groups excluding carboxylic acids is 1. The van der Waals surface area contributed by atoms with Crippen LogP contribution < -0.4 is 0 Å². The number of rotatable bonds is 6. The Labute approximate surface area is 89.3 Å². The third-order valence-electron chi connectivity index (χ3n) is 3.81. The van der Waals surface area contributed by atoms with Crippen LogP contribution in [0.25, 0.3) is 0 Å². The van der Waals surface area contributed by atoms with Gasteiger partial charge in [-0.3, -0.25) is 4.79 Å². The van der Waals surface area contributed by atoms with Gasteiger partial charge in [0.25, 0.3) is 0 Å². The van der Waals surface area contributed by atoms with Crippen LogP contribution in [-0.2, 0) is 4.79 Å². The van der Waals surface area contributed by atoms with E-state index in [0.717, 1.165) is 12.8 Å². The molecule has 0 fully saturated rings. The van der Waals surface area contributed by atoms with E-state index in [1.54, 1.807) is 6.92 Å². The Morgan fingerprint density at radius 2 is 1.79 bits per heavy atom. The highest BCUT2D eigenvalue weighted by Gasteiger charge is 2.31. The van der Waals surface area contributed by atoms with Crippen LogP contribution in [0.15, 0.2) is 0 Å². The van der Waals surface area contributed by atoms with Crippen molar-refractivity contribution in [1.29, 1.82) is 0 Å². The van der Waals surface area contributed by atoms with E-state index in [2.05, 4.69) is 34.6 Å². The highest BCUT2D eigenvalue weighted by atomic mass is 16.1. The van der Waals surface area contributed by atoms with Gasteiger partial charge in [0.15, 0.2) is 0 Å². The van der Waals surface area contributed by atoms with Crippen molar-refractivity contribution >= 4 is 5.78 Å². The molecule has 0 aliphatic rings. The monoisotopic (exact) mass is 198 g/mol. The summed E-state index contributed by atoms with van der Waals surface area (Å²) < 4.78 is 0. The molecule has 0 amide bonds. The predicted octanol–water partition coefficient (Wildman–Crippen LogP) is 4.06. The van der Waals surface area contributed by atoms with Crippen molar-refractivity contribution in [3.63, 3.8) is 0 Å². The molecule has 1 heteroatoms. The minimum atomic E-state index is -0.0923. The van der Waals surface area contributed by atoms with Gasteiger partial charge in [0, 0.05) is 5.41 Å². The van der Waals surface area contributed by atoms with Gasteiger partial charge in [-0.2, -0.15) is 0 Å². The van der Waals surface area contributed by atoms with E-state index in [1.807, 2.05) is 0 Å². The Bertz CT molecular complexity index is 184. The van der Waals surface area contributed by atoms with E-state index in [0.29, 0.717) is 17.6 Å². The fourth-order valence-electron chi connectivity index (χ4n) is 1.97. The standard InChI is InChI=1S/C13H26O/c1-7-12(10(3)4)9-13(6,8-2)11(5)14/h10,12H,7-9H2,1-6H3. The number of Topliss-reactive ketones (excluding diaryl/α,β-unsaturated/α-hetero) is 1. The van der Waals surface area contributed by atoms with Gasteiger partial charge in [0.05, 0.1) is 0 Å². The Morgan fingerprint density at radius 3 is 2.00 bits per heavy atom. The lowest BCUT2D eigenvalue weighted by Gasteiger charge is -2.31. The molecule has 84 valence electrons. The van der Waals surface area contributed by atoms with Crippen LogP contribution in [0.2, 0.25) is 0 Å². The molecule has 1 nitrogen and oxygen atoms in total. The van der Waals surface area contributed by atoms with Crippen molar-refractivity contribution in [1.82, 2.24) is 0 Å². The second-order valence-corrected chi connectivity index (χ2v) is 5.09. The molecule has 14 heavy (non-hydrogen) atoms. The zero-order chi connectivity index (χ0) is 11.4. The predicted molar refractivity (Wildman–Crippen MR) is 62.3 cm³/mol. The van der Waals surface area contributed by atoms with Gasteiger partial charge >= 0.3 is 0 Å². The average molecular weight is 198 g/mol. The average Bonchev–Trinajstić information content (AvgIpc) is 2.12. The molecule has 0 aliphatic heterocycles. The van der Waals surface area contributed by atoms with E-state index in [9.17, 15) is 4.79 Å². The largest absolute Gasteiger partial charge is 0.299 e. The first-order valence-electron chi connectivity index (χ1n) is 5.88. The third-order valence-corrected chi connectivity index (χ3v) is 3.81. The van der Waals surface area contributed by atoms with Gasteiger partial charge in [-0.05, 0) is 31.6 Å². The van der Waals surface area contributed by atoms with E-state index >= 15 is 0 Å². The Morgan fingerprint density at radius 1 is 1.29 bits per heavy atom. The first-order chi connectivity index (χ1) is 6.37. The SMILES string of the molecule is CCC(CC(C)(CC)C(C)=O)C(C)C. The highest BCUT2D eigenvalue weighted by molar-refractivity contribution is 5.81. The Kier molecular flexibility index (Phi) is 5.40. The Balaban J connectivity index is 4.50. The highest BCUT2D eigenvalue weighted by Crippen LogP contribution is 2.35. The van der Waals surface area contributed by atoms with Crippen LogP contribution in [-0.4, -0.2) is 5.78 Å². The molecule has 0 radical (unpaired) electrons. The molecule has 2 unspecified atom stereocenters. The maximum absolute atomic E-state index is 11.6. The summed E-state index contributed by atoms with van der Waals surface area (Å²) >= 11 is 0. The second-order valence-electron chi connectivity index (χ2n) is 5.09. The van der Waals surface area contributed by atoms with E-state index < -0.39 is 0 Å². The number of hydrogen-bond donors (Lipinski definition) is 0. The van der Waals surface area contributed by atoms with Gasteiger partial charge < -0.3 is 0 Å². The molecule has 0 bridgehead atoms. The van der Waals surface area contributed by atoms with Gasteiger partial charge in [-0.15, -0.1) is 0 Å². The van der Waals surface area contributed by atoms with Crippen LogP contribution in [0.5, 0.6) is 0 Å². The minimum Gasteiger partial charge on any atom is -0.299 e. The summed E-state index contributed by atoms with van der Waals surface area (Å²) in [5.41, 5.74) is -0.0923. The molecule has 0 aliphatic carbocycles. The summed E-state index contributed by atoms with van der Waals surface area (Å²) in [6.07, 6.45) is 3.19. The molecule has 0 saturated carbocycles. The molecule has 0 saturated heterocycles. The summed E-state index contributed by atoms with van der Waals surface area (Å²) in [6, 6.07) is 0. The zero-order valence-electron chi connectivity index (χ0n) is 10.7. The molecule has 0 N–H and O–H groups in total. The number of ketones is 1. The van der Waals surface area contributed by atoms with Crippen LogP contribution in [0.4, 0.5) is 0 Å². The lowest BCUT2D eigenvalue weighted by Crippen LogP contribution is -2.29. The fourth-order valence-corrected chi connectivity index (χ4v) is 1.97. The van der Waals surface area contributed by atoms with Gasteiger partial charge in [0.1, 0.15) is 5.78 Å². The van der Waals surface area contributed by atoms with Crippen molar-refractivity contribution in [2.45, 2.75) is 60.8 Å². The first-order valence-corrected chi connectivity index (χ1v) is 5.88. The van der Waals surface area contributed by atoms with Crippen LogP contribution in [0.3, 0.4) is 0 Å². The van der Waals surface area contributed by atoms with Crippen molar-refractivity contribution in [3.05, 3.63) is 0 Å². The number of hydrogen-bond acceptors (Lipinski definition) is 1. The van der Waals surface area contributed by atoms with Crippen LogP contribution in [0, 0.1) is 17.3 Å². The number of carbonyl (C=O) groups is 1. The summed E-state index contributed by atoms with van der Waals surface area (Å²) in [4.78, 5) is 11.6. The minimum absolute atomic E-state index is 0.0923. The van der Waals surface area contributed by atoms with Crippen molar-refractivity contribution in [2.75, 3.05) is 0 Å². The van der Waals surface area contributed by atoms with Crippen molar-refractivity contribution < 1.29 is 4.79 Å². The molecule has 0 aromatic heterocycles. The summed E-state index contributed by atoms with van der Waals surface area (Å²) in [5, 5.41) is 0. The van der Waals surface area contributed by atoms with E-state index in [4.69, 9.17) is 0 Å². The third kappa shape index (κ3) is 3.43. The normalized spacial score (nSPS) is 17.9. The van der Waals surface area contributed by atoms with Gasteiger partial charge in [0.2, 0.25) is 0 Å². The molecule has 0 aromatic carbocycles. The molecule has 2 atom stereocenters. The van der Waals surface area contributed by atoms with E-state index in [-0.39, 0.29) is 5.41 Å². The lowest BCUT2D eigenvalue weighted by atomic mass is 9.72. The molecule has 0 aromatic rings. The fraction of sp³-hybridized carbons (Fsp3) is 0.923. The summed E-state index contributed by atoms with van der Waals surface area (Å²) in [6.45, 7) is 12.7. The van der Waals surface area contributed by atoms with Crippen molar-refractivity contribution in [3.8, 4) is 0 Å². The maximum atomic E-state index is 11.6. The molecular weight excluding hydrogens is 172 g/mol.